The van der Waals surface area contributed by atoms with Gasteiger partial charge in [0.05, 0.1) is 28.0 Å². The Morgan fingerprint density at radius 1 is 1.12 bits per heavy atom. The Kier molecular flexibility index (Phi) is 4.39. The van der Waals surface area contributed by atoms with E-state index in [0.29, 0.717) is 22.9 Å². The molecule has 0 bridgehead atoms. The maximum Gasteiger partial charge on any atom is 0.269 e. The van der Waals surface area contributed by atoms with Crippen LogP contribution in [0.2, 0.25) is 0 Å². The first kappa shape index (κ1) is 17.5. The zero-order chi connectivity index (χ0) is 18.9. The van der Waals surface area contributed by atoms with Crippen molar-refractivity contribution >= 4 is 32.7 Å². The number of rotatable bonds is 5. The lowest BCUT2D eigenvalue weighted by atomic mass is 10.1. The van der Waals surface area contributed by atoms with Crippen molar-refractivity contribution in [2.75, 3.05) is 7.11 Å². The Morgan fingerprint density at radius 3 is 2.38 bits per heavy atom. The van der Waals surface area contributed by atoms with E-state index >= 15 is 0 Å². The summed E-state index contributed by atoms with van der Waals surface area (Å²) in [5.74, 6) is 0.544. The minimum Gasteiger partial charge on any atom is -0.497 e. The molecule has 1 aromatic heterocycles. The van der Waals surface area contributed by atoms with Gasteiger partial charge in [0.25, 0.3) is 5.69 Å². The number of methoxy groups -OCH3 is 1. The fraction of sp³-hybridized carbons (Fsp3) is 0.0588. The van der Waals surface area contributed by atoms with Gasteiger partial charge in [0.2, 0.25) is 9.84 Å². The summed E-state index contributed by atoms with van der Waals surface area (Å²) in [6.07, 6.45) is 0.407. The Labute approximate surface area is 148 Å². The summed E-state index contributed by atoms with van der Waals surface area (Å²) in [5.41, 5.74) is 0.0270. The van der Waals surface area contributed by atoms with Gasteiger partial charge in [-0.2, -0.15) is 0 Å². The first-order valence-electron chi connectivity index (χ1n) is 7.30. The van der Waals surface area contributed by atoms with E-state index in [0.717, 1.165) is 24.3 Å². The number of carbonyl (C=O) groups excluding carboxylic acids is 1. The summed E-state index contributed by atoms with van der Waals surface area (Å²) in [6.45, 7) is 0. The van der Waals surface area contributed by atoms with Gasteiger partial charge in [0.15, 0.2) is 11.3 Å². The van der Waals surface area contributed by atoms with Crippen LogP contribution in [0, 0.1) is 10.1 Å². The number of pyridine rings is 1. The van der Waals surface area contributed by atoms with Gasteiger partial charge in [-0.25, -0.2) is 13.4 Å². The van der Waals surface area contributed by atoms with Crippen LogP contribution in [-0.2, 0) is 9.84 Å². The number of fused-ring (bicyclic) bond motifs is 1. The lowest BCUT2D eigenvalue weighted by molar-refractivity contribution is -0.384. The van der Waals surface area contributed by atoms with Gasteiger partial charge in [-0.15, -0.1) is 0 Å². The summed E-state index contributed by atoms with van der Waals surface area (Å²) in [7, 11) is -2.64. The predicted octanol–water partition coefficient (Wildman–Crippen LogP) is 2.80. The van der Waals surface area contributed by atoms with Gasteiger partial charge in [-0.1, -0.05) is 0 Å². The van der Waals surface area contributed by atoms with E-state index in [-0.39, 0.29) is 16.1 Å². The van der Waals surface area contributed by atoms with Crippen LogP contribution in [0.5, 0.6) is 5.75 Å². The zero-order valence-electron chi connectivity index (χ0n) is 13.4. The third-order valence-electron chi connectivity index (χ3n) is 3.75. The quantitative estimate of drug-likeness (QED) is 0.384. The largest absolute Gasteiger partial charge is 0.497 e. The van der Waals surface area contributed by atoms with E-state index < -0.39 is 19.8 Å². The van der Waals surface area contributed by atoms with Crippen molar-refractivity contribution in [3.63, 3.8) is 0 Å². The maximum atomic E-state index is 12.8. The Hall–Kier alpha value is -3.33. The second kappa shape index (κ2) is 6.52. The van der Waals surface area contributed by atoms with E-state index in [1.165, 1.54) is 13.2 Å². The number of aromatic nitrogens is 1. The van der Waals surface area contributed by atoms with Gasteiger partial charge < -0.3 is 4.74 Å². The van der Waals surface area contributed by atoms with Crippen LogP contribution in [-0.4, -0.2) is 31.7 Å². The summed E-state index contributed by atoms with van der Waals surface area (Å²) < 4.78 is 30.8. The van der Waals surface area contributed by atoms with Crippen LogP contribution >= 0.6 is 0 Å². The molecule has 3 aromatic rings. The van der Waals surface area contributed by atoms with Gasteiger partial charge >= 0.3 is 0 Å². The van der Waals surface area contributed by atoms with Crippen molar-refractivity contribution < 1.29 is 22.9 Å². The highest BCUT2D eigenvalue weighted by atomic mass is 32.2. The molecule has 0 saturated carbocycles. The van der Waals surface area contributed by atoms with Crippen LogP contribution in [0.15, 0.2) is 58.5 Å². The number of nitro groups is 1. The molecule has 0 aliphatic heterocycles. The molecule has 26 heavy (non-hydrogen) atoms. The smallest absolute Gasteiger partial charge is 0.269 e. The van der Waals surface area contributed by atoms with Crippen LogP contribution in [0.4, 0.5) is 5.69 Å². The minimum atomic E-state index is -4.13. The number of aldehydes is 1. The SMILES string of the molecule is COc1ccc2nc(S(=O)(=O)c3ccc([N+](=O)[O-])cc3)c(C=O)cc2c1. The number of carbonyl (C=O) groups is 1. The Bertz CT molecular complexity index is 1120. The first-order valence-corrected chi connectivity index (χ1v) is 8.78. The van der Waals surface area contributed by atoms with Crippen molar-refractivity contribution in [2.45, 2.75) is 9.92 Å². The molecule has 9 heteroatoms. The molecular weight excluding hydrogens is 360 g/mol. The number of hydrogen-bond acceptors (Lipinski definition) is 7. The maximum absolute atomic E-state index is 12.8. The Morgan fingerprint density at radius 2 is 1.81 bits per heavy atom. The monoisotopic (exact) mass is 372 g/mol. The molecular formula is C17H12N2O6S. The number of nitro benzene ring substituents is 1. The topological polar surface area (TPSA) is 116 Å². The first-order chi connectivity index (χ1) is 12.4. The summed E-state index contributed by atoms with van der Waals surface area (Å²) in [5, 5.41) is 10.9. The molecule has 2 aromatic carbocycles. The van der Waals surface area contributed by atoms with E-state index in [9.17, 15) is 23.3 Å². The van der Waals surface area contributed by atoms with E-state index in [1.54, 1.807) is 18.2 Å². The number of nitrogens with zero attached hydrogens (tertiary/aromatic N) is 2. The van der Waals surface area contributed by atoms with Gasteiger partial charge in [-0.3, -0.25) is 14.9 Å². The molecule has 1 heterocycles. The van der Waals surface area contributed by atoms with Crippen LogP contribution in [0.25, 0.3) is 10.9 Å². The zero-order valence-corrected chi connectivity index (χ0v) is 14.3. The highest BCUT2D eigenvalue weighted by molar-refractivity contribution is 7.91. The molecule has 3 rings (SSSR count). The molecule has 8 nitrogen and oxygen atoms in total. The second-order valence-electron chi connectivity index (χ2n) is 5.31. The molecule has 132 valence electrons. The second-order valence-corrected chi connectivity index (χ2v) is 7.18. The number of sulfone groups is 1. The van der Waals surface area contributed by atoms with Crippen molar-refractivity contribution in [1.82, 2.24) is 4.98 Å². The van der Waals surface area contributed by atoms with Crippen LogP contribution < -0.4 is 4.74 Å². The molecule has 0 aliphatic rings. The molecule has 0 radical (unpaired) electrons. The average Bonchev–Trinajstić information content (AvgIpc) is 2.66. The molecule has 0 spiro atoms. The number of non-ortho nitro benzene ring substituents is 1. The molecule has 0 N–H and O–H groups in total. The highest BCUT2D eigenvalue weighted by Crippen LogP contribution is 2.28. The predicted molar refractivity (Wildman–Crippen MR) is 92.2 cm³/mol. The molecule has 0 atom stereocenters. The highest BCUT2D eigenvalue weighted by Gasteiger charge is 2.24. The lowest BCUT2D eigenvalue weighted by Gasteiger charge is -2.09. The molecule has 0 aliphatic carbocycles. The molecule has 0 saturated heterocycles. The average molecular weight is 372 g/mol. The van der Waals surface area contributed by atoms with Crippen LogP contribution in [0.3, 0.4) is 0 Å². The van der Waals surface area contributed by atoms with Gasteiger partial charge in [0.1, 0.15) is 5.75 Å². The van der Waals surface area contributed by atoms with Crippen molar-refractivity contribution in [3.8, 4) is 5.75 Å². The fourth-order valence-electron chi connectivity index (χ4n) is 2.44. The van der Waals surface area contributed by atoms with Crippen molar-refractivity contribution in [3.05, 3.63) is 64.2 Å². The van der Waals surface area contributed by atoms with E-state index in [1.807, 2.05) is 0 Å². The van der Waals surface area contributed by atoms with E-state index in [4.69, 9.17) is 4.74 Å². The molecule has 0 amide bonds. The lowest BCUT2D eigenvalue weighted by Crippen LogP contribution is -2.08. The third-order valence-corrected chi connectivity index (χ3v) is 5.48. The number of ether oxygens (including phenoxy) is 1. The van der Waals surface area contributed by atoms with E-state index in [2.05, 4.69) is 4.98 Å². The fourth-order valence-corrected chi connectivity index (χ4v) is 3.79. The Balaban J connectivity index is 2.18. The van der Waals surface area contributed by atoms with Crippen molar-refractivity contribution in [1.29, 1.82) is 0 Å². The number of benzene rings is 2. The summed E-state index contributed by atoms with van der Waals surface area (Å²) in [6, 6.07) is 10.6. The van der Waals surface area contributed by atoms with Gasteiger partial charge in [-0.05, 0) is 36.4 Å². The minimum absolute atomic E-state index is 0.107. The number of hydrogen-bond donors (Lipinski definition) is 0. The third kappa shape index (κ3) is 3.00. The van der Waals surface area contributed by atoms with Crippen LogP contribution in [0.1, 0.15) is 10.4 Å². The molecule has 0 fully saturated rings. The summed E-state index contributed by atoms with van der Waals surface area (Å²) >= 11 is 0. The van der Waals surface area contributed by atoms with Gasteiger partial charge in [0, 0.05) is 17.5 Å². The standard InChI is InChI=1S/C17H12N2O6S/c1-25-14-4-7-16-11(9-14)8-12(10-20)17(18-16)26(23,24)15-5-2-13(3-6-15)19(21)22/h2-10H,1H3. The van der Waals surface area contributed by atoms with Crippen molar-refractivity contribution in [2.24, 2.45) is 0 Å². The molecule has 0 unspecified atom stereocenters. The summed E-state index contributed by atoms with van der Waals surface area (Å²) in [4.78, 5) is 25.4. The normalized spacial score (nSPS) is 11.3.